The van der Waals surface area contributed by atoms with E-state index in [0.29, 0.717) is 16.3 Å². The van der Waals surface area contributed by atoms with Crippen LogP contribution in [-0.2, 0) is 0 Å². The second-order valence-electron chi connectivity index (χ2n) is 4.67. The molecule has 2 aromatic carbocycles. The van der Waals surface area contributed by atoms with E-state index in [-0.39, 0.29) is 5.91 Å². The predicted molar refractivity (Wildman–Crippen MR) is 94.6 cm³/mol. The van der Waals surface area contributed by atoms with Gasteiger partial charge in [-0.25, -0.2) is 0 Å². The van der Waals surface area contributed by atoms with Crippen LogP contribution in [0.1, 0.15) is 15.9 Å². The van der Waals surface area contributed by atoms with Gasteiger partial charge in [-0.15, -0.1) is 0 Å². The van der Waals surface area contributed by atoms with Gasteiger partial charge in [0.05, 0.1) is 17.7 Å². The summed E-state index contributed by atoms with van der Waals surface area (Å²) in [6, 6.07) is 11.2. The van der Waals surface area contributed by atoms with Crippen LogP contribution in [0.4, 0.5) is 5.69 Å². The van der Waals surface area contributed by atoms with E-state index in [1.807, 2.05) is 31.2 Å². The first-order valence-corrected chi connectivity index (χ1v) is 7.77. The summed E-state index contributed by atoms with van der Waals surface area (Å²) in [6.07, 6.45) is 0. The summed E-state index contributed by atoms with van der Waals surface area (Å²) in [5.41, 5.74) is 2.42. The smallest absolute Gasteiger partial charge is 0.261 e. The Morgan fingerprint density at radius 1 is 1.24 bits per heavy atom. The number of benzene rings is 2. The number of anilines is 1. The van der Waals surface area contributed by atoms with Gasteiger partial charge < -0.3 is 9.64 Å². The lowest BCUT2D eigenvalue weighted by Crippen LogP contribution is -2.26. The van der Waals surface area contributed by atoms with Gasteiger partial charge >= 0.3 is 0 Å². The quantitative estimate of drug-likeness (QED) is 0.689. The molecule has 0 radical (unpaired) electrons. The van der Waals surface area contributed by atoms with Crippen molar-refractivity contribution in [3.8, 4) is 5.75 Å². The average molecular weight is 416 g/mol. The number of halogens is 2. The topological polar surface area (TPSA) is 29.5 Å². The lowest BCUT2D eigenvalue weighted by atomic mass is 10.1. The van der Waals surface area contributed by atoms with Crippen molar-refractivity contribution in [2.24, 2.45) is 0 Å². The Morgan fingerprint density at radius 3 is 2.43 bits per heavy atom. The number of hydrogen-bond acceptors (Lipinski definition) is 2. The molecule has 110 valence electrons. The molecule has 0 saturated heterocycles. The fourth-order valence-corrected chi connectivity index (χ4v) is 2.53. The second-order valence-corrected chi connectivity index (χ2v) is 6.24. The van der Waals surface area contributed by atoms with Crippen molar-refractivity contribution in [2.75, 3.05) is 19.1 Å². The van der Waals surface area contributed by atoms with E-state index in [1.165, 1.54) is 0 Å². The van der Waals surface area contributed by atoms with Gasteiger partial charge in [-0.05, 0) is 53.8 Å². The third-order valence-corrected chi connectivity index (χ3v) is 4.72. The minimum atomic E-state index is -0.158. The maximum atomic E-state index is 12.7. The normalized spacial score (nSPS) is 10.3. The van der Waals surface area contributed by atoms with Crippen LogP contribution >= 0.6 is 34.2 Å². The van der Waals surface area contributed by atoms with Crippen molar-refractivity contribution in [1.29, 1.82) is 0 Å². The van der Waals surface area contributed by atoms with Gasteiger partial charge in [0.25, 0.3) is 5.91 Å². The summed E-state index contributed by atoms with van der Waals surface area (Å²) >= 11 is 8.23. The standard InChI is InChI=1S/C16H15ClINO2/c1-10-4-6-11(7-5-10)19(2)16(20)12-8-13(17)14(18)9-15(12)21-3/h4-9H,1-3H3. The van der Waals surface area contributed by atoms with Crippen LogP contribution in [0.3, 0.4) is 0 Å². The third-order valence-electron chi connectivity index (χ3n) is 3.20. The Kier molecular flexibility index (Phi) is 5.11. The lowest BCUT2D eigenvalue weighted by Gasteiger charge is -2.19. The maximum Gasteiger partial charge on any atom is 0.261 e. The number of rotatable bonds is 3. The first kappa shape index (κ1) is 16.1. The van der Waals surface area contributed by atoms with E-state index >= 15 is 0 Å². The molecule has 0 heterocycles. The van der Waals surface area contributed by atoms with Crippen molar-refractivity contribution in [3.05, 3.63) is 56.1 Å². The average Bonchev–Trinajstić information content (AvgIpc) is 2.49. The van der Waals surface area contributed by atoms with Crippen LogP contribution in [0.5, 0.6) is 5.75 Å². The monoisotopic (exact) mass is 415 g/mol. The molecule has 5 heteroatoms. The van der Waals surface area contributed by atoms with E-state index in [2.05, 4.69) is 22.6 Å². The van der Waals surface area contributed by atoms with Crippen molar-refractivity contribution in [1.82, 2.24) is 0 Å². The molecule has 0 atom stereocenters. The Bertz CT molecular complexity index is 671. The highest BCUT2D eigenvalue weighted by molar-refractivity contribution is 14.1. The number of nitrogens with zero attached hydrogens (tertiary/aromatic N) is 1. The molecule has 0 fully saturated rings. The first-order chi connectivity index (χ1) is 9.93. The van der Waals surface area contributed by atoms with E-state index < -0.39 is 0 Å². The highest BCUT2D eigenvalue weighted by atomic mass is 127. The lowest BCUT2D eigenvalue weighted by molar-refractivity contribution is 0.0990. The van der Waals surface area contributed by atoms with Crippen molar-refractivity contribution in [3.63, 3.8) is 0 Å². The van der Waals surface area contributed by atoms with Gasteiger partial charge in [0.15, 0.2) is 0 Å². The molecule has 3 nitrogen and oxygen atoms in total. The third kappa shape index (κ3) is 3.49. The molecule has 2 rings (SSSR count). The van der Waals surface area contributed by atoms with E-state index in [9.17, 15) is 4.79 Å². The molecule has 0 aliphatic carbocycles. The highest BCUT2D eigenvalue weighted by Gasteiger charge is 2.19. The van der Waals surface area contributed by atoms with Crippen LogP contribution < -0.4 is 9.64 Å². The minimum absolute atomic E-state index is 0.158. The summed E-state index contributed by atoms with van der Waals surface area (Å²) in [4.78, 5) is 14.2. The fourth-order valence-electron chi connectivity index (χ4n) is 1.93. The van der Waals surface area contributed by atoms with Crippen molar-refractivity contribution < 1.29 is 9.53 Å². The van der Waals surface area contributed by atoms with E-state index in [0.717, 1.165) is 14.8 Å². The summed E-state index contributed by atoms with van der Waals surface area (Å²) < 4.78 is 6.14. The predicted octanol–water partition coefficient (Wildman–Crippen LogP) is 4.54. The molecule has 0 bridgehead atoms. The van der Waals surface area contributed by atoms with Gasteiger partial charge in [0, 0.05) is 16.3 Å². The molecule has 0 spiro atoms. The zero-order chi connectivity index (χ0) is 15.6. The minimum Gasteiger partial charge on any atom is -0.496 e. The largest absolute Gasteiger partial charge is 0.496 e. The van der Waals surface area contributed by atoms with Gasteiger partial charge in [-0.2, -0.15) is 0 Å². The Balaban J connectivity index is 2.39. The maximum absolute atomic E-state index is 12.7. The first-order valence-electron chi connectivity index (χ1n) is 6.31. The summed E-state index contributed by atoms with van der Waals surface area (Å²) in [7, 11) is 3.28. The second kappa shape index (κ2) is 6.66. The van der Waals surface area contributed by atoms with Gasteiger partial charge in [0.1, 0.15) is 5.75 Å². The molecule has 0 aliphatic rings. The summed E-state index contributed by atoms with van der Waals surface area (Å²) in [6.45, 7) is 2.01. The SMILES string of the molecule is COc1cc(I)c(Cl)cc1C(=O)N(C)c1ccc(C)cc1. The number of ether oxygens (including phenoxy) is 1. The van der Waals surface area contributed by atoms with Crippen molar-refractivity contribution >= 4 is 45.8 Å². The molecule has 1 amide bonds. The van der Waals surface area contributed by atoms with Gasteiger partial charge in [0.2, 0.25) is 0 Å². The molecule has 0 aliphatic heterocycles. The number of aryl methyl sites for hydroxylation is 1. The number of amides is 1. The summed E-state index contributed by atoms with van der Waals surface area (Å²) in [5.74, 6) is 0.363. The van der Waals surface area contributed by atoms with E-state index in [4.69, 9.17) is 16.3 Å². The summed E-state index contributed by atoms with van der Waals surface area (Å²) in [5, 5.41) is 0.539. The Morgan fingerprint density at radius 2 is 1.86 bits per heavy atom. The van der Waals surface area contributed by atoms with Gasteiger partial charge in [-0.3, -0.25) is 4.79 Å². The zero-order valence-electron chi connectivity index (χ0n) is 12.0. The Labute approximate surface area is 143 Å². The number of carbonyl (C=O) groups excluding carboxylic acids is 1. The number of carbonyl (C=O) groups is 1. The number of methoxy groups -OCH3 is 1. The van der Waals surface area contributed by atoms with Crippen LogP contribution in [0, 0.1) is 10.5 Å². The molecule has 0 unspecified atom stereocenters. The van der Waals surface area contributed by atoms with Crippen molar-refractivity contribution in [2.45, 2.75) is 6.92 Å². The molecule has 2 aromatic rings. The van der Waals surface area contributed by atoms with E-state index in [1.54, 1.807) is 31.2 Å². The van der Waals surface area contributed by atoms with Crippen LogP contribution in [0.25, 0.3) is 0 Å². The fraction of sp³-hybridized carbons (Fsp3) is 0.188. The van der Waals surface area contributed by atoms with Gasteiger partial charge in [-0.1, -0.05) is 29.3 Å². The molecule has 0 aromatic heterocycles. The van der Waals surface area contributed by atoms with Crippen LogP contribution in [0.2, 0.25) is 5.02 Å². The Hall–Kier alpha value is -1.27. The molecule has 21 heavy (non-hydrogen) atoms. The zero-order valence-corrected chi connectivity index (χ0v) is 14.9. The molecule has 0 N–H and O–H groups in total. The van der Waals surface area contributed by atoms with Crippen LogP contribution in [-0.4, -0.2) is 20.1 Å². The molecular weight excluding hydrogens is 401 g/mol. The highest BCUT2D eigenvalue weighted by Crippen LogP contribution is 2.30. The van der Waals surface area contributed by atoms with Crippen LogP contribution in [0.15, 0.2) is 36.4 Å². The molecular formula is C16H15ClINO2. The molecule has 0 saturated carbocycles. The number of hydrogen-bond donors (Lipinski definition) is 0.